The number of carbonyl (C=O) groups excluding carboxylic acids is 1. The molecule has 4 heteroatoms. The number of nitrogens with one attached hydrogen (secondary N) is 1. The first-order chi connectivity index (χ1) is 7.44. The standard InChI is InChI=1S/C12H22N2O2/c1-5-6-13-7-11(15)14-8-10(2)16-12(3,4)9-14/h5,10,13H,1,6-9H2,2-4H3. The van der Waals surface area contributed by atoms with Crippen molar-refractivity contribution < 1.29 is 9.53 Å². The number of carbonyl (C=O) groups is 1. The average Bonchev–Trinajstić information content (AvgIpc) is 2.14. The van der Waals surface area contributed by atoms with Gasteiger partial charge in [0.15, 0.2) is 0 Å². The Kier molecular flexibility index (Phi) is 4.50. The molecule has 0 saturated carbocycles. The first kappa shape index (κ1) is 13.2. The minimum Gasteiger partial charge on any atom is -0.369 e. The Morgan fingerprint density at radius 3 is 2.94 bits per heavy atom. The highest BCUT2D eigenvalue weighted by Gasteiger charge is 2.33. The third-order valence-electron chi connectivity index (χ3n) is 2.49. The molecule has 1 amide bonds. The number of morpholine rings is 1. The zero-order valence-corrected chi connectivity index (χ0v) is 10.5. The second kappa shape index (κ2) is 5.46. The lowest BCUT2D eigenvalue weighted by Crippen LogP contribution is -2.55. The van der Waals surface area contributed by atoms with Gasteiger partial charge in [0.1, 0.15) is 0 Å². The largest absolute Gasteiger partial charge is 0.369 e. The molecule has 0 spiro atoms. The quantitative estimate of drug-likeness (QED) is 0.569. The van der Waals surface area contributed by atoms with Crippen LogP contribution in [-0.4, -0.2) is 48.7 Å². The normalized spacial score (nSPS) is 24.2. The lowest BCUT2D eigenvalue weighted by Gasteiger charge is -2.41. The summed E-state index contributed by atoms with van der Waals surface area (Å²) in [5, 5.41) is 3.02. The van der Waals surface area contributed by atoms with Gasteiger partial charge in [-0.3, -0.25) is 4.79 Å². The first-order valence-electron chi connectivity index (χ1n) is 5.72. The van der Waals surface area contributed by atoms with Gasteiger partial charge in [0.25, 0.3) is 0 Å². The molecule has 1 rings (SSSR count). The third-order valence-corrected chi connectivity index (χ3v) is 2.49. The van der Waals surface area contributed by atoms with Crippen molar-refractivity contribution in [1.82, 2.24) is 10.2 Å². The summed E-state index contributed by atoms with van der Waals surface area (Å²) in [7, 11) is 0. The Morgan fingerprint density at radius 1 is 1.69 bits per heavy atom. The second-order valence-corrected chi connectivity index (χ2v) is 4.88. The molecule has 92 valence electrons. The van der Waals surface area contributed by atoms with E-state index in [-0.39, 0.29) is 17.6 Å². The van der Waals surface area contributed by atoms with Crippen molar-refractivity contribution >= 4 is 5.91 Å². The molecule has 4 nitrogen and oxygen atoms in total. The SMILES string of the molecule is C=CCNCC(=O)N1CC(C)OC(C)(C)C1. The lowest BCUT2D eigenvalue weighted by molar-refractivity contribution is -0.157. The van der Waals surface area contributed by atoms with Crippen LogP contribution in [0.1, 0.15) is 20.8 Å². The molecule has 1 aliphatic rings. The van der Waals surface area contributed by atoms with Crippen molar-refractivity contribution in [2.75, 3.05) is 26.2 Å². The Hall–Kier alpha value is -0.870. The van der Waals surface area contributed by atoms with Crippen LogP contribution in [0.3, 0.4) is 0 Å². The van der Waals surface area contributed by atoms with Crippen LogP contribution in [0.2, 0.25) is 0 Å². The van der Waals surface area contributed by atoms with Crippen LogP contribution in [0.5, 0.6) is 0 Å². The summed E-state index contributed by atoms with van der Waals surface area (Å²) in [5.74, 6) is 0.130. The molecule has 0 aromatic heterocycles. The zero-order chi connectivity index (χ0) is 12.2. The van der Waals surface area contributed by atoms with E-state index < -0.39 is 0 Å². The molecule has 0 aromatic rings. The van der Waals surface area contributed by atoms with Gasteiger partial charge in [0.05, 0.1) is 18.2 Å². The molecule has 1 unspecified atom stereocenters. The monoisotopic (exact) mass is 226 g/mol. The molecule has 0 aromatic carbocycles. The fraction of sp³-hybridized carbons (Fsp3) is 0.750. The van der Waals surface area contributed by atoms with Gasteiger partial charge >= 0.3 is 0 Å². The predicted molar refractivity (Wildman–Crippen MR) is 64.3 cm³/mol. The highest BCUT2D eigenvalue weighted by atomic mass is 16.5. The van der Waals surface area contributed by atoms with Gasteiger partial charge in [-0.25, -0.2) is 0 Å². The van der Waals surface area contributed by atoms with Crippen LogP contribution < -0.4 is 5.32 Å². The van der Waals surface area contributed by atoms with Gasteiger partial charge in [-0.15, -0.1) is 6.58 Å². The molecular weight excluding hydrogens is 204 g/mol. The van der Waals surface area contributed by atoms with Crippen LogP contribution in [0.25, 0.3) is 0 Å². The van der Waals surface area contributed by atoms with E-state index in [1.807, 2.05) is 25.7 Å². The number of nitrogens with zero attached hydrogens (tertiary/aromatic N) is 1. The van der Waals surface area contributed by atoms with E-state index in [9.17, 15) is 4.79 Å². The van der Waals surface area contributed by atoms with Gasteiger partial charge in [0.2, 0.25) is 5.91 Å². The summed E-state index contributed by atoms with van der Waals surface area (Å²) in [6.45, 7) is 12.0. The highest BCUT2D eigenvalue weighted by Crippen LogP contribution is 2.20. The number of ether oxygens (including phenoxy) is 1. The number of rotatable bonds is 4. The Balaban J connectivity index is 2.45. The average molecular weight is 226 g/mol. The van der Waals surface area contributed by atoms with E-state index in [2.05, 4.69) is 11.9 Å². The van der Waals surface area contributed by atoms with Crippen molar-refractivity contribution in [3.05, 3.63) is 12.7 Å². The van der Waals surface area contributed by atoms with Gasteiger partial charge < -0.3 is 15.0 Å². The third kappa shape index (κ3) is 3.94. The van der Waals surface area contributed by atoms with E-state index in [1.54, 1.807) is 6.08 Å². The molecule has 16 heavy (non-hydrogen) atoms. The Morgan fingerprint density at radius 2 is 2.38 bits per heavy atom. The van der Waals surface area contributed by atoms with E-state index in [1.165, 1.54) is 0 Å². The smallest absolute Gasteiger partial charge is 0.236 e. The molecule has 0 bridgehead atoms. The molecule has 0 radical (unpaired) electrons. The Bertz CT molecular complexity index is 264. The van der Waals surface area contributed by atoms with Gasteiger partial charge in [0, 0.05) is 19.6 Å². The maximum Gasteiger partial charge on any atom is 0.236 e. The topological polar surface area (TPSA) is 41.6 Å². The molecule has 1 aliphatic heterocycles. The van der Waals surface area contributed by atoms with Crippen molar-refractivity contribution in [3.63, 3.8) is 0 Å². The van der Waals surface area contributed by atoms with E-state index in [4.69, 9.17) is 4.74 Å². The van der Waals surface area contributed by atoms with Crippen molar-refractivity contribution in [2.24, 2.45) is 0 Å². The molecule has 1 fully saturated rings. The van der Waals surface area contributed by atoms with E-state index in [0.717, 1.165) is 0 Å². The number of amides is 1. The Labute approximate surface area is 97.6 Å². The lowest BCUT2D eigenvalue weighted by atomic mass is 10.1. The van der Waals surface area contributed by atoms with Gasteiger partial charge in [-0.05, 0) is 20.8 Å². The van der Waals surface area contributed by atoms with Gasteiger partial charge in [-0.2, -0.15) is 0 Å². The summed E-state index contributed by atoms with van der Waals surface area (Å²) in [5.41, 5.74) is -0.244. The molecule has 1 heterocycles. The fourth-order valence-corrected chi connectivity index (χ4v) is 2.04. The van der Waals surface area contributed by atoms with Crippen molar-refractivity contribution in [2.45, 2.75) is 32.5 Å². The highest BCUT2D eigenvalue weighted by molar-refractivity contribution is 5.78. The van der Waals surface area contributed by atoms with E-state index >= 15 is 0 Å². The minimum absolute atomic E-state index is 0.104. The van der Waals surface area contributed by atoms with Crippen LogP contribution in [0.15, 0.2) is 12.7 Å². The zero-order valence-electron chi connectivity index (χ0n) is 10.5. The summed E-state index contributed by atoms with van der Waals surface area (Å²) in [6, 6.07) is 0. The summed E-state index contributed by atoms with van der Waals surface area (Å²) < 4.78 is 5.75. The number of hydrogen-bond acceptors (Lipinski definition) is 3. The number of hydrogen-bond donors (Lipinski definition) is 1. The van der Waals surface area contributed by atoms with Crippen LogP contribution in [-0.2, 0) is 9.53 Å². The predicted octanol–water partition coefficient (Wildman–Crippen LogP) is 0.788. The molecule has 1 atom stereocenters. The second-order valence-electron chi connectivity index (χ2n) is 4.88. The van der Waals surface area contributed by atoms with Crippen LogP contribution >= 0.6 is 0 Å². The van der Waals surface area contributed by atoms with Crippen LogP contribution in [0, 0.1) is 0 Å². The van der Waals surface area contributed by atoms with Gasteiger partial charge in [-0.1, -0.05) is 6.08 Å². The van der Waals surface area contributed by atoms with Crippen molar-refractivity contribution in [3.8, 4) is 0 Å². The maximum atomic E-state index is 11.9. The minimum atomic E-state index is -0.244. The summed E-state index contributed by atoms with van der Waals surface area (Å²) in [6.07, 6.45) is 1.85. The molecule has 0 aliphatic carbocycles. The molecular formula is C12H22N2O2. The van der Waals surface area contributed by atoms with Crippen molar-refractivity contribution in [1.29, 1.82) is 0 Å². The maximum absolute atomic E-state index is 11.9. The first-order valence-corrected chi connectivity index (χ1v) is 5.72. The fourth-order valence-electron chi connectivity index (χ4n) is 2.04. The molecule has 1 saturated heterocycles. The summed E-state index contributed by atoms with van der Waals surface area (Å²) in [4.78, 5) is 13.7. The summed E-state index contributed by atoms with van der Waals surface area (Å²) >= 11 is 0. The molecule has 1 N–H and O–H groups in total. The van der Waals surface area contributed by atoms with Crippen LogP contribution in [0.4, 0.5) is 0 Å². The van der Waals surface area contributed by atoms with E-state index in [0.29, 0.717) is 26.2 Å².